The van der Waals surface area contributed by atoms with Gasteiger partial charge in [-0.25, -0.2) is 4.39 Å². The summed E-state index contributed by atoms with van der Waals surface area (Å²) in [5, 5.41) is 2.97. The lowest BCUT2D eigenvalue weighted by atomic mass is 10.1. The van der Waals surface area contributed by atoms with Crippen molar-refractivity contribution in [2.45, 2.75) is 52.0 Å². The van der Waals surface area contributed by atoms with Crippen LogP contribution in [0.5, 0.6) is 0 Å². The van der Waals surface area contributed by atoms with Crippen LogP contribution in [0.1, 0.15) is 45.1 Å². The molecule has 2 rings (SSSR count). The van der Waals surface area contributed by atoms with Gasteiger partial charge >= 0.3 is 0 Å². The highest BCUT2D eigenvalue weighted by atomic mass is 19.1. The quantitative estimate of drug-likeness (QED) is 0.795. The Balaban J connectivity index is 1.72. The fourth-order valence-corrected chi connectivity index (χ4v) is 2.97. The van der Waals surface area contributed by atoms with Gasteiger partial charge in [-0.1, -0.05) is 32.4 Å². The van der Waals surface area contributed by atoms with Gasteiger partial charge in [-0.2, -0.15) is 0 Å². The lowest BCUT2D eigenvalue weighted by Gasteiger charge is -2.17. The largest absolute Gasteiger partial charge is 0.351 e. The Morgan fingerprint density at radius 2 is 2.04 bits per heavy atom. The van der Waals surface area contributed by atoms with Gasteiger partial charge in [-0.3, -0.25) is 9.59 Å². The molecule has 0 saturated carbocycles. The zero-order valence-electron chi connectivity index (χ0n) is 14.6. The molecule has 1 aliphatic rings. The summed E-state index contributed by atoms with van der Waals surface area (Å²) in [7, 11) is 0. The van der Waals surface area contributed by atoms with Crippen molar-refractivity contribution in [2.75, 3.05) is 13.1 Å². The van der Waals surface area contributed by atoms with E-state index >= 15 is 0 Å². The molecular formula is C19H27FN2O2. The summed E-state index contributed by atoms with van der Waals surface area (Å²) in [4.78, 5) is 25.8. The normalized spacial score (nSPS) is 17.6. The summed E-state index contributed by atoms with van der Waals surface area (Å²) in [5.41, 5.74) is 1.00. The summed E-state index contributed by atoms with van der Waals surface area (Å²) in [6.07, 6.45) is 3.53. The van der Waals surface area contributed by atoms with Crippen LogP contribution in [0.4, 0.5) is 4.39 Å². The van der Waals surface area contributed by atoms with Crippen molar-refractivity contribution in [2.24, 2.45) is 5.92 Å². The third-order valence-corrected chi connectivity index (χ3v) is 4.35. The van der Waals surface area contributed by atoms with Crippen molar-refractivity contribution < 1.29 is 14.0 Å². The minimum Gasteiger partial charge on any atom is -0.351 e. The maximum absolute atomic E-state index is 12.9. The molecule has 1 saturated heterocycles. The number of halogens is 1. The standard InChI is InChI=1S/C19H27FN2O2/c1-14(2)4-3-5-18(23)21-17-12-19(24)22(13-17)11-10-15-6-8-16(20)9-7-15/h6-9,14,17H,3-5,10-13H2,1-2H3,(H,21,23)/t17-/m1/s1. The number of carbonyl (C=O) groups is 2. The molecule has 1 heterocycles. The fraction of sp³-hybridized carbons (Fsp3) is 0.579. The first kappa shape index (κ1) is 18.4. The smallest absolute Gasteiger partial charge is 0.224 e. The highest BCUT2D eigenvalue weighted by Crippen LogP contribution is 2.14. The zero-order chi connectivity index (χ0) is 17.5. The maximum Gasteiger partial charge on any atom is 0.224 e. The zero-order valence-corrected chi connectivity index (χ0v) is 14.6. The van der Waals surface area contributed by atoms with Gasteiger partial charge in [-0.05, 0) is 36.5 Å². The molecule has 2 amide bonds. The summed E-state index contributed by atoms with van der Waals surface area (Å²) in [6, 6.07) is 6.26. The van der Waals surface area contributed by atoms with Crippen LogP contribution in [-0.2, 0) is 16.0 Å². The molecule has 0 aromatic heterocycles. The van der Waals surface area contributed by atoms with E-state index in [1.807, 2.05) is 0 Å². The highest BCUT2D eigenvalue weighted by Gasteiger charge is 2.29. The van der Waals surface area contributed by atoms with Crippen molar-refractivity contribution in [1.29, 1.82) is 0 Å². The summed E-state index contributed by atoms with van der Waals surface area (Å²) < 4.78 is 12.9. The first-order chi connectivity index (χ1) is 11.4. The van der Waals surface area contributed by atoms with Crippen molar-refractivity contribution >= 4 is 11.8 Å². The van der Waals surface area contributed by atoms with E-state index in [1.165, 1.54) is 12.1 Å². The Morgan fingerprint density at radius 1 is 1.33 bits per heavy atom. The Bertz CT molecular complexity index is 557. The van der Waals surface area contributed by atoms with Crippen molar-refractivity contribution in [3.63, 3.8) is 0 Å². The van der Waals surface area contributed by atoms with E-state index in [9.17, 15) is 14.0 Å². The summed E-state index contributed by atoms with van der Waals surface area (Å²) in [6.45, 7) is 5.46. The molecule has 1 aromatic carbocycles. The second-order valence-electron chi connectivity index (χ2n) is 6.97. The molecule has 1 N–H and O–H groups in total. The highest BCUT2D eigenvalue weighted by molar-refractivity contribution is 5.82. The van der Waals surface area contributed by atoms with E-state index in [4.69, 9.17) is 0 Å². The number of likely N-dealkylation sites (tertiary alicyclic amines) is 1. The van der Waals surface area contributed by atoms with E-state index < -0.39 is 0 Å². The van der Waals surface area contributed by atoms with Gasteiger partial charge in [0.2, 0.25) is 11.8 Å². The van der Waals surface area contributed by atoms with Crippen LogP contribution in [0.15, 0.2) is 24.3 Å². The molecule has 0 unspecified atom stereocenters. The van der Waals surface area contributed by atoms with Gasteiger partial charge in [-0.15, -0.1) is 0 Å². The van der Waals surface area contributed by atoms with Crippen LogP contribution in [-0.4, -0.2) is 35.8 Å². The molecule has 1 atom stereocenters. The second kappa shape index (κ2) is 8.81. The lowest BCUT2D eigenvalue weighted by molar-refractivity contribution is -0.127. The molecule has 0 aliphatic carbocycles. The minimum atomic E-state index is -0.253. The van der Waals surface area contributed by atoms with Gasteiger partial charge in [0.1, 0.15) is 5.82 Å². The lowest BCUT2D eigenvalue weighted by Crippen LogP contribution is -2.37. The van der Waals surface area contributed by atoms with Crippen molar-refractivity contribution in [1.82, 2.24) is 10.2 Å². The molecule has 0 bridgehead atoms. The van der Waals surface area contributed by atoms with E-state index in [-0.39, 0.29) is 23.7 Å². The van der Waals surface area contributed by atoms with Crippen molar-refractivity contribution in [3.05, 3.63) is 35.6 Å². The monoisotopic (exact) mass is 334 g/mol. The number of amides is 2. The molecule has 1 fully saturated rings. The van der Waals surface area contributed by atoms with Crippen LogP contribution >= 0.6 is 0 Å². The first-order valence-electron chi connectivity index (χ1n) is 8.75. The van der Waals surface area contributed by atoms with Gasteiger partial charge < -0.3 is 10.2 Å². The third kappa shape index (κ3) is 5.95. The number of carbonyl (C=O) groups excluding carboxylic acids is 2. The molecule has 24 heavy (non-hydrogen) atoms. The van der Waals surface area contributed by atoms with Gasteiger partial charge in [0, 0.05) is 25.9 Å². The number of hydrogen-bond donors (Lipinski definition) is 1. The Morgan fingerprint density at radius 3 is 2.71 bits per heavy atom. The van der Waals surface area contributed by atoms with Crippen molar-refractivity contribution in [3.8, 4) is 0 Å². The molecular weight excluding hydrogens is 307 g/mol. The average molecular weight is 334 g/mol. The Labute approximate surface area is 143 Å². The number of nitrogens with one attached hydrogen (secondary N) is 1. The molecule has 1 aromatic rings. The van der Waals surface area contributed by atoms with Crippen LogP contribution in [0.2, 0.25) is 0 Å². The van der Waals surface area contributed by atoms with E-state index in [2.05, 4.69) is 19.2 Å². The average Bonchev–Trinajstić information content (AvgIpc) is 2.86. The number of hydrogen-bond acceptors (Lipinski definition) is 2. The van der Waals surface area contributed by atoms with E-state index in [1.54, 1.807) is 17.0 Å². The molecule has 132 valence electrons. The van der Waals surface area contributed by atoms with Gasteiger partial charge in [0.25, 0.3) is 0 Å². The molecule has 5 heteroatoms. The van der Waals surface area contributed by atoms with Crippen LogP contribution in [0, 0.1) is 11.7 Å². The van der Waals surface area contributed by atoms with Gasteiger partial charge in [0.05, 0.1) is 6.04 Å². The first-order valence-corrected chi connectivity index (χ1v) is 8.75. The van der Waals surface area contributed by atoms with Crippen LogP contribution in [0.3, 0.4) is 0 Å². The fourth-order valence-electron chi connectivity index (χ4n) is 2.97. The summed E-state index contributed by atoms with van der Waals surface area (Å²) in [5.74, 6) is 0.461. The topological polar surface area (TPSA) is 49.4 Å². The van der Waals surface area contributed by atoms with Gasteiger partial charge in [0.15, 0.2) is 0 Å². The maximum atomic E-state index is 12.9. The molecule has 4 nitrogen and oxygen atoms in total. The molecule has 0 radical (unpaired) electrons. The Kier molecular flexibility index (Phi) is 6.76. The molecule has 1 aliphatic heterocycles. The SMILES string of the molecule is CC(C)CCCC(=O)N[C@@H]1CC(=O)N(CCc2ccc(F)cc2)C1. The summed E-state index contributed by atoms with van der Waals surface area (Å²) >= 11 is 0. The van der Waals surface area contributed by atoms with E-state index in [0.717, 1.165) is 18.4 Å². The number of benzene rings is 1. The van der Waals surface area contributed by atoms with Crippen LogP contribution in [0.25, 0.3) is 0 Å². The Hall–Kier alpha value is -1.91. The minimum absolute atomic E-state index is 0.0360. The predicted molar refractivity (Wildman–Crippen MR) is 91.9 cm³/mol. The number of rotatable bonds is 8. The second-order valence-corrected chi connectivity index (χ2v) is 6.97. The third-order valence-electron chi connectivity index (χ3n) is 4.35. The van der Waals surface area contributed by atoms with Crippen LogP contribution < -0.4 is 5.32 Å². The molecule has 0 spiro atoms. The number of nitrogens with zero attached hydrogens (tertiary/aromatic N) is 1. The van der Waals surface area contributed by atoms with E-state index in [0.29, 0.717) is 38.3 Å². The predicted octanol–water partition coefficient (Wildman–Crippen LogP) is 2.91.